The van der Waals surface area contributed by atoms with Gasteiger partial charge in [0.1, 0.15) is 0 Å². The van der Waals surface area contributed by atoms with Crippen molar-refractivity contribution in [3.63, 3.8) is 0 Å². The largest absolute Gasteiger partial charge is 0.378 e. The van der Waals surface area contributed by atoms with Crippen LogP contribution in [0.1, 0.15) is 44.9 Å². The Hall–Kier alpha value is -0.610. The summed E-state index contributed by atoms with van der Waals surface area (Å²) in [6, 6.07) is 0.466. The molecule has 1 N–H and O–H groups in total. The molecule has 0 bridgehead atoms. The van der Waals surface area contributed by atoms with E-state index in [4.69, 9.17) is 4.74 Å². The first-order valence-electron chi connectivity index (χ1n) is 7.96. The molecule has 3 atom stereocenters. The second-order valence-corrected chi connectivity index (χ2v) is 6.24. The molecule has 3 fully saturated rings. The topological polar surface area (TPSA) is 41.6 Å². The summed E-state index contributed by atoms with van der Waals surface area (Å²) in [5, 5.41) is 3.44. The predicted molar refractivity (Wildman–Crippen MR) is 73.9 cm³/mol. The molecule has 0 spiro atoms. The van der Waals surface area contributed by atoms with Crippen molar-refractivity contribution in [2.45, 2.75) is 57.1 Å². The van der Waals surface area contributed by atoms with E-state index in [9.17, 15) is 4.79 Å². The number of carbonyl (C=O) groups is 1. The molecule has 0 aromatic rings. The van der Waals surface area contributed by atoms with Gasteiger partial charge in [0.2, 0.25) is 5.91 Å². The van der Waals surface area contributed by atoms with Crippen molar-refractivity contribution in [3.8, 4) is 0 Å². The minimum atomic E-state index is 0.333. The maximum atomic E-state index is 12.4. The van der Waals surface area contributed by atoms with Crippen LogP contribution < -0.4 is 5.32 Å². The summed E-state index contributed by atoms with van der Waals surface area (Å²) in [4.78, 5) is 14.6. The number of hydrogen-bond donors (Lipinski definition) is 1. The molecule has 0 aromatic carbocycles. The number of likely N-dealkylation sites (tertiary alicyclic amines) is 1. The van der Waals surface area contributed by atoms with Crippen LogP contribution in [0.25, 0.3) is 0 Å². The fourth-order valence-electron chi connectivity index (χ4n) is 3.84. The number of nitrogens with one attached hydrogen (secondary N) is 1. The lowest BCUT2D eigenvalue weighted by Crippen LogP contribution is -2.48. The zero-order valence-corrected chi connectivity index (χ0v) is 11.8. The van der Waals surface area contributed by atoms with Crippen molar-refractivity contribution in [1.82, 2.24) is 10.2 Å². The second kappa shape index (κ2) is 6.23. The molecule has 3 rings (SSSR count). The number of piperidine rings is 1. The van der Waals surface area contributed by atoms with Gasteiger partial charge in [-0.15, -0.1) is 0 Å². The maximum Gasteiger partial charge on any atom is 0.222 e. The lowest BCUT2D eigenvalue weighted by molar-refractivity contribution is -0.136. The Balaban J connectivity index is 1.48. The van der Waals surface area contributed by atoms with Crippen molar-refractivity contribution in [3.05, 3.63) is 0 Å². The molecule has 3 unspecified atom stereocenters. The Labute approximate surface area is 115 Å². The van der Waals surface area contributed by atoms with Gasteiger partial charge in [-0.25, -0.2) is 0 Å². The van der Waals surface area contributed by atoms with Gasteiger partial charge in [0.25, 0.3) is 0 Å². The Bertz CT molecular complexity index is 315. The van der Waals surface area contributed by atoms with Gasteiger partial charge in [-0.05, 0) is 44.4 Å². The quantitative estimate of drug-likeness (QED) is 0.842. The Morgan fingerprint density at radius 1 is 1.21 bits per heavy atom. The van der Waals surface area contributed by atoms with Crippen molar-refractivity contribution in [1.29, 1.82) is 0 Å². The van der Waals surface area contributed by atoms with E-state index in [1.54, 1.807) is 0 Å². The molecule has 4 heteroatoms. The third-order valence-corrected chi connectivity index (χ3v) is 4.95. The smallest absolute Gasteiger partial charge is 0.222 e. The maximum absolute atomic E-state index is 12.4. The highest BCUT2D eigenvalue weighted by Crippen LogP contribution is 2.27. The van der Waals surface area contributed by atoms with Gasteiger partial charge in [0.15, 0.2) is 0 Å². The van der Waals surface area contributed by atoms with Gasteiger partial charge in [0.05, 0.1) is 6.10 Å². The summed E-state index contributed by atoms with van der Waals surface area (Å²) < 4.78 is 5.72. The highest BCUT2D eigenvalue weighted by Gasteiger charge is 2.37. The van der Waals surface area contributed by atoms with Gasteiger partial charge < -0.3 is 15.0 Å². The second-order valence-electron chi connectivity index (χ2n) is 6.24. The standard InChI is InChI=1S/C15H26N2O2/c18-15(7-6-13-5-1-2-9-19-13)17-8-3-4-12-10-16-11-14(12)17/h12-14,16H,1-11H2. The molecule has 0 aliphatic carbocycles. The molecule has 1 amide bonds. The van der Waals surface area contributed by atoms with Crippen LogP contribution in [0, 0.1) is 5.92 Å². The number of fused-ring (bicyclic) bond motifs is 1. The zero-order chi connectivity index (χ0) is 13.1. The molecular formula is C15H26N2O2. The number of amides is 1. The van der Waals surface area contributed by atoms with Crippen LogP contribution in [0.3, 0.4) is 0 Å². The van der Waals surface area contributed by atoms with Crippen molar-refractivity contribution in [2.24, 2.45) is 5.92 Å². The highest BCUT2D eigenvalue weighted by atomic mass is 16.5. The van der Waals surface area contributed by atoms with Crippen LogP contribution in [-0.4, -0.2) is 49.2 Å². The average Bonchev–Trinajstić information content (AvgIpc) is 2.94. The summed E-state index contributed by atoms with van der Waals surface area (Å²) in [5.41, 5.74) is 0. The summed E-state index contributed by atoms with van der Waals surface area (Å²) in [6.45, 7) is 3.95. The van der Waals surface area contributed by atoms with Crippen LogP contribution in [0.2, 0.25) is 0 Å². The Morgan fingerprint density at radius 3 is 3.00 bits per heavy atom. The van der Waals surface area contributed by atoms with Crippen LogP contribution in [0.5, 0.6) is 0 Å². The van der Waals surface area contributed by atoms with E-state index in [2.05, 4.69) is 10.2 Å². The molecule has 3 heterocycles. The first-order chi connectivity index (χ1) is 9.34. The molecule has 0 saturated carbocycles. The van der Waals surface area contributed by atoms with Crippen molar-refractivity contribution >= 4 is 5.91 Å². The first kappa shape index (κ1) is 13.4. The van der Waals surface area contributed by atoms with E-state index < -0.39 is 0 Å². The number of rotatable bonds is 3. The fourth-order valence-corrected chi connectivity index (χ4v) is 3.84. The van der Waals surface area contributed by atoms with Gasteiger partial charge >= 0.3 is 0 Å². The first-order valence-corrected chi connectivity index (χ1v) is 7.96. The molecule has 0 aromatic heterocycles. The molecule has 3 aliphatic rings. The zero-order valence-electron chi connectivity index (χ0n) is 11.8. The molecular weight excluding hydrogens is 240 g/mol. The van der Waals surface area contributed by atoms with Gasteiger partial charge in [-0.1, -0.05) is 0 Å². The number of nitrogens with zero attached hydrogens (tertiary/aromatic N) is 1. The summed E-state index contributed by atoms with van der Waals surface area (Å²) in [6.07, 6.45) is 7.97. The highest BCUT2D eigenvalue weighted by molar-refractivity contribution is 5.76. The van der Waals surface area contributed by atoms with Gasteiger partial charge in [-0.3, -0.25) is 4.79 Å². The van der Waals surface area contributed by atoms with Crippen molar-refractivity contribution in [2.75, 3.05) is 26.2 Å². The number of ether oxygens (including phenoxy) is 1. The molecule has 3 saturated heterocycles. The van der Waals surface area contributed by atoms with E-state index >= 15 is 0 Å². The van der Waals surface area contributed by atoms with Crippen molar-refractivity contribution < 1.29 is 9.53 Å². The van der Waals surface area contributed by atoms with Crippen LogP contribution >= 0.6 is 0 Å². The minimum absolute atomic E-state index is 0.333. The molecule has 19 heavy (non-hydrogen) atoms. The number of carbonyl (C=O) groups excluding carboxylic acids is 1. The van der Waals surface area contributed by atoms with E-state index in [1.165, 1.54) is 25.7 Å². The minimum Gasteiger partial charge on any atom is -0.378 e. The SMILES string of the molecule is O=C(CCC1CCCCO1)N1CCCC2CNCC21. The molecule has 4 nitrogen and oxygen atoms in total. The Kier molecular flexibility index (Phi) is 4.38. The average molecular weight is 266 g/mol. The third-order valence-electron chi connectivity index (χ3n) is 4.95. The van der Waals surface area contributed by atoms with E-state index in [0.717, 1.165) is 39.1 Å². The fraction of sp³-hybridized carbons (Fsp3) is 0.933. The van der Waals surface area contributed by atoms with E-state index in [-0.39, 0.29) is 0 Å². The lowest BCUT2D eigenvalue weighted by atomic mass is 9.91. The molecule has 3 aliphatic heterocycles. The predicted octanol–water partition coefficient (Wildman–Crippen LogP) is 1.55. The summed E-state index contributed by atoms with van der Waals surface area (Å²) >= 11 is 0. The van der Waals surface area contributed by atoms with E-state index in [1.807, 2.05) is 0 Å². The lowest BCUT2D eigenvalue weighted by Gasteiger charge is -2.37. The van der Waals surface area contributed by atoms with Gasteiger partial charge in [-0.2, -0.15) is 0 Å². The monoisotopic (exact) mass is 266 g/mol. The Morgan fingerprint density at radius 2 is 2.16 bits per heavy atom. The number of hydrogen-bond acceptors (Lipinski definition) is 3. The van der Waals surface area contributed by atoms with Crippen LogP contribution in [0.15, 0.2) is 0 Å². The molecule has 108 valence electrons. The van der Waals surface area contributed by atoms with Gasteiger partial charge in [0, 0.05) is 38.7 Å². The normalized spacial score (nSPS) is 35.2. The van der Waals surface area contributed by atoms with E-state index in [0.29, 0.717) is 30.4 Å². The van der Waals surface area contributed by atoms with Crippen LogP contribution in [-0.2, 0) is 9.53 Å². The molecule has 0 radical (unpaired) electrons. The summed E-state index contributed by atoms with van der Waals surface area (Å²) in [7, 11) is 0. The van der Waals surface area contributed by atoms with Crippen LogP contribution in [0.4, 0.5) is 0 Å². The third kappa shape index (κ3) is 3.11. The summed E-state index contributed by atoms with van der Waals surface area (Å²) in [5.74, 6) is 1.05.